The van der Waals surface area contributed by atoms with E-state index in [-0.39, 0.29) is 17.6 Å². The normalized spacial score (nSPS) is 21.2. The molecule has 0 bridgehead atoms. The summed E-state index contributed by atoms with van der Waals surface area (Å²) < 4.78 is 16.5. The number of oxazole rings is 1. The molecular weight excluding hydrogens is 288 g/mol. The number of hydrogen-bond acceptors (Lipinski definition) is 6. The summed E-state index contributed by atoms with van der Waals surface area (Å²) in [6, 6.07) is -0.131. The molecule has 2 saturated heterocycles. The summed E-state index contributed by atoms with van der Waals surface area (Å²) in [4.78, 5) is 18.5. The number of carbonyl (C=O) groups is 1. The summed E-state index contributed by atoms with van der Waals surface area (Å²) in [5.41, 5.74) is 0.484. The Hall–Kier alpha value is -1.64. The molecule has 2 fully saturated rings. The fraction of sp³-hybridized carbons (Fsp3) is 0.714. The third kappa shape index (κ3) is 3.08. The topological polar surface area (TPSA) is 88.9 Å². The van der Waals surface area contributed by atoms with Crippen LogP contribution >= 0.6 is 0 Å². The number of amides is 2. The minimum atomic E-state index is -0.341. The van der Waals surface area contributed by atoms with Gasteiger partial charge in [-0.2, -0.15) is 4.98 Å². The SMILES string of the molecule is Cc1nc(NC(=O)NCC23COCCN2CCOC3)oc1C. The van der Waals surface area contributed by atoms with Crippen LogP contribution in [0.1, 0.15) is 11.5 Å². The van der Waals surface area contributed by atoms with E-state index in [1.165, 1.54) is 0 Å². The smallest absolute Gasteiger partial charge is 0.322 e. The summed E-state index contributed by atoms with van der Waals surface area (Å²) in [5, 5.41) is 5.48. The molecule has 0 saturated carbocycles. The van der Waals surface area contributed by atoms with Crippen LogP contribution in [0.2, 0.25) is 0 Å². The van der Waals surface area contributed by atoms with Crippen LogP contribution in [0, 0.1) is 13.8 Å². The number of carbonyl (C=O) groups excluding carboxylic acids is 1. The molecule has 8 nitrogen and oxygen atoms in total. The van der Waals surface area contributed by atoms with Gasteiger partial charge in [-0.15, -0.1) is 0 Å². The van der Waals surface area contributed by atoms with Crippen molar-refractivity contribution in [3.05, 3.63) is 11.5 Å². The van der Waals surface area contributed by atoms with Crippen molar-refractivity contribution < 1.29 is 18.7 Å². The lowest BCUT2D eigenvalue weighted by Gasteiger charge is -2.49. The average Bonchev–Trinajstić information content (AvgIpc) is 2.83. The van der Waals surface area contributed by atoms with Crippen molar-refractivity contribution in [1.82, 2.24) is 15.2 Å². The molecule has 2 N–H and O–H groups in total. The maximum atomic E-state index is 12.0. The van der Waals surface area contributed by atoms with Gasteiger partial charge < -0.3 is 19.2 Å². The third-order valence-electron chi connectivity index (χ3n) is 4.25. The standard InChI is InChI=1S/C14H22N4O4/c1-10-11(2)22-13(16-10)17-12(19)15-7-14-8-20-5-3-18(14)4-6-21-9-14/h3-9H2,1-2H3,(H2,15,16,17,19). The second kappa shape index (κ2) is 6.23. The Morgan fingerprint density at radius 2 is 1.95 bits per heavy atom. The first-order valence-electron chi connectivity index (χ1n) is 7.48. The number of nitrogens with one attached hydrogen (secondary N) is 2. The summed E-state index contributed by atoms with van der Waals surface area (Å²) in [6.45, 7) is 8.40. The van der Waals surface area contributed by atoms with Crippen molar-refractivity contribution in [2.24, 2.45) is 0 Å². The molecule has 22 heavy (non-hydrogen) atoms. The van der Waals surface area contributed by atoms with Crippen molar-refractivity contribution in [3.63, 3.8) is 0 Å². The average molecular weight is 310 g/mol. The van der Waals surface area contributed by atoms with Gasteiger partial charge in [-0.05, 0) is 13.8 Å². The van der Waals surface area contributed by atoms with E-state index in [1.807, 2.05) is 6.92 Å². The van der Waals surface area contributed by atoms with Crippen LogP contribution in [0.5, 0.6) is 0 Å². The first-order chi connectivity index (χ1) is 10.6. The zero-order valence-electron chi connectivity index (χ0n) is 13.0. The van der Waals surface area contributed by atoms with Crippen molar-refractivity contribution in [2.75, 3.05) is 51.4 Å². The number of hydrogen-bond donors (Lipinski definition) is 2. The van der Waals surface area contributed by atoms with Gasteiger partial charge in [-0.3, -0.25) is 10.2 Å². The van der Waals surface area contributed by atoms with Crippen LogP contribution in [0.15, 0.2) is 4.42 Å². The zero-order valence-corrected chi connectivity index (χ0v) is 13.0. The van der Waals surface area contributed by atoms with E-state index in [0.29, 0.717) is 25.5 Å². The Kier molecular flexibility index (Phi) is 4.32. The largest absolute Gasteiger partial charge is 0.428 e. The van der Waals surface area contributed by atoms with Gasteiger partial charge in [-0.1, -0.05) is 0 Å². The maximum Gasteiger partial charge on any atom is 0.322 e. The Morgan fingerprint density at radius 1 is 1.27 bits per heavy atom. The lowest BCUT2D eigenvalue weighted by atomic mass is 9.96. The van der Waals surface area contributed by atoms with E-state index in [2.05, 4.69) is 20.5 Å². The molecule has 0 radical (unpaired) electrons. The maximum absolute atomic E-state index is 12.0. The molecule has 3 heterocycles. The molecule has 0 aromatic carbocycles. The van der Waals surface area contributed by atoms with Gasteiger partial charge in [0.15, 0.2) is 0 Å². The molecule has 8 heteroatoms. The lowest BCUT2D eigenvalue weighted by molar-refractivity contribution is -0.139. The number of anilines is 1. The summed E-state index contributed by atoms with van der Waals surface area (Å²) in [5.74, 6) is 0.696. The number of nitrogens with zero attached hydrogens (tertiary/aromatic N) is 2. The molecular formula is C14H22N4O4. The monoisotopic (exact) mass is 310 g/mol. The second-order valence-electron chi connectivity index (χ2n) is 5.78. The van der Waals surface area contributed by atoms with Gasteiger partial charge in [0.05, 0.1) is 37.7 Å². The zero-order chi connectivity index (χ0) is 15.6. The van der Waals surface area contributed by atoms with Crippen molar-refractivity contribution in [1.29, 1.82) is 0 Å². The second-order valence-corrected chi connectivity index (χ2v) is 5.78. The molecule has 0 spiro atoms. The molecule has 3 rings (SSSR count). The predicted molar refractivity (Wildman–Crippen MR) is 78.9 cm³/mol. The number of aryl methyl sites for hydroxylation is 2. The van der Waals surface area contributed by atoms with E-state index < -0.39 is 0 Å². The molecule has 0 aliphatic carbocycles. The summed E-state index contributed by atoms with van der Waals surface area (Å²) in [6.07, 6.45) is 0. The van der Waals surface area contributed by atoms with E-state index in [1.54, 1.807) is 6.92 Å². The van der Waals surface area contributed by atoms with Gasteiger partial charge in [0.2, 0.25) is 0 Å². The molecule has 1 aromatic rings. The highest BCUT2D eigenvalue weighted by Crippen LogP contribution is 2.23. The minimum absolute atomic E-state index is 0.210. The molecule has 2 aliphatic heterocycles. The van der Waals surface area contributed by atoms with Crippen LogP contribution in [0.3, 0.4) is 0 Å². The molecule has 2 amide bonds. The van der Waals surface area contributed by atoms with Crippen LogP contribution in [0.4, 0.5) is 10.8 Å². The molecule has 0 atom stereocenters. The highest BCUT2D eigenvalue weighted by Gasteiger charge is 2.42. The molecule has 0 unspecified atom stereocenters. The van der Waals surface area contributed by atoms with Gasteiger partial charge in [0.1, 0.15) is 5.76 Å². The van der Waals surface area contributed by atoms with Crippen LogP contribution in [-0.2, 0) is 9.47 Å². The summed E-state index contributed by atoms with van der Waals surface area (Å²) in [7, 11) is 0. The van der Waals surface area contributed by atoms with Gasteiger partial charge in [0.25, 0.3) is 0 Å². The van der Waals surface area contributed by atoms with E-state index in [4.69, 9.17) is 13.9 Å². The van der Waals surface area contributed by atoms with Crippen LogP contribution in [-0.4, -0.2) is 67.5 Å². The van der Waals surface area contributed by atoms with E-state index >= 15 is 0 Å². The number of ether oxygens (including phenoxy) is 2. The number of urea groups is 1. The first kappa shape index (κ1) is 15.3. The van der Waals surface area contributed by atoms with Crippen molar-refractivity contribution in [3.8, 4) is 0 Å². The molecule has 1 aromatic heterocycles. The molecule has 2 aliphatic rings. The Balaban J connectivity index is 1.57. The van der Waals surface area contributed by atoms with Gasteiger partial charge in [-0.25, -0.2) is 4.79 Å². The van der Waals surface area contributed by atoms with Gasteiger partial charge in [0, 0.05) is 19.6 Å². The number of aromatic nitrogens is 1. The van der Waals surface area contributed by atoms with Crippen LogP contribution < -0.4 is 10.6 Å². The third-order valence-corrected chi connectivity index (χ3v) is 4.25. The van der Waals surface area contributed by atoms with Crippen molar-refractivity contribution >= 4 is 12.0 Å². The fourth-order valence-corrected chi connectivity index (χ4v) is 2.81. The first-order valence-corrected chi connectivity index (χ1v) is 7.48. The minimum Gasteiger partial charge on any atom is -0.428 e. The predicted octanol–water partition coefficient (Wildman–Crippen LogP) is 0.514. The number of morpholine rings is 2. The van der Waals surface area contributed by atoms with E-state index in [0.717, 1.165) is 32.0 Å². The molecule has 122 valence electrons. The Morgan fingerprint density at radius 3 is 2.55 bits per heavy atom. The van der Waals surface area contributed by atoms with Gasteiger partial charge >= 0.3 is 12.0 Å². The highest BCUT2D eigenvalue weighted by atomic mass is 16.5. The number of fused-ring (bicyclic) bond motifs is 1. The Labute approximate surface area is 129 Å². The lowest BCUT2D eigenvalue weighted by Crippen LogP contribution is -2.67. The summed E-state index contributed by atoms with van der Waals surface area (Å²) >= 11 is 0. The Bertz CT molecular complexity index is 513. The fourth-order valence-electron chi connectivity index (χ4n) is 2.81. The van der Waals surface area contributed by atoms with Crippen LogP contribution in [0.25, 0.3) is 0 Å². The number of rotatable bonds is 3. The quantitative estimate of drug-likeness (QED) is 0.846. The highest BCUT2D eigenvalue weighted by molar-refractivity contribution is 5.87. The van der Waals surface area contributed by atoms with Crippen molar-refractivity contribution in [2.45, 2.75) is 19.4 Å². The van der Waals surface area contributed by atoms with E-state index in [9.17, 15) is 4.79 Å².